The number of ether oxygens (including phenoxy) is 1. The summed E-state index contributed by atoms with van der Waals surface area (Å²) in [4.78, 5) is 0. The first-order chi connectivity index (χ1) is 7.38. The van der Waals surface area contributed by atoms with Gasteiger partial charge in [0.05, 0.1) is 0 Å². The molecule has 1 rings (SSSR count). The van der Waals surface area contributed by atoms with Crippen molar-refractivity contribution < 1.29 is 4.74 Å². The maximum atomic E-state index is 5.40. The van der Waals surface area contributed by atoms with Crippen LogP contribution in [0.5, 0.6) is 0 Å². The molecule has 1 fully saturated rings. The Morgan fingerprint density at radius 2 is 2.13 bits per heavy atom. The molecule has 0 spiro atoms. The smallest absolute Gasteiger partial charge is 0.0469 e. The monoisotopic (exact) mass is 209 g/mol. The highest BCUT2D eigenvalue weighted by atomic mass is 16.5. The van der Waals surface area contributed by atoms with Crippen LogP contribution < -0.4 is 5.32 Å². The summed E-state index contributed by atoms with van der Waals surface area (Å²) in [7, 11) is 0. The van der Waals surface area contributed by atoms with Crippen molar-refractivity contribution in [2.24, 2.45) is 5.92 Å². The Morgan fingerprint density at radius 3 is 2.73 bits per heavy atom. The first-order valence-electron chi connectivity index (χ1n) is 6.09. The van der Waals surface area contributed by atoms with Crippen molar-refractivity contribution in [3.8, 4) is 11.8 Å². The Balaban J connectivity index is 2.35. The van der Waals surface area contributed by atoms with Crippen molar-refractivity contribution in [3.05, 3.63) is 0 Å². The normalized spacial score (nSPS) is 19.3. The molecule has 0 aromatic carbocycles. The summed E-state index contributed by atoms with van der Waals surface area (Å²) in [6.45, 7) is 7.02. The zero-order valence-electron chi connectivity index (χ0n) is 10.0. The molecule has 0 aromatic heterocycles. The van der Waals surface area contributed by atoms with E-state index in [1.54, 1.807) is 0 Å². The highest BCUT2D eigenvalue weighted by Gasteiger charge is 2.22. The van der Waals surface area contributed by atoms with Crippen LogP contribution in [0.4, 0.5) is 0 Å². The summed E-state index contributed by atoms with van der Waals surface area (Å²) < 4.78 is 5.40. The van der Waals surface area contributed by atoms with E-state index in [1.807, 2.05) is 6.92 Å². The largest absolute Gasteiger partial charge is 0.381 e. The number of hydrogen-bond acceptors (Lipinski definition) is 2. The van der Waals surface area contributed by atoms with Gasteiger partial charge >= 0.3 is 0 Å². The lowest BCUT2D eigenvalue weighted by Crippen LogP contribution is -2.38. The van der Waals surface area contributed by atoms with E-state index >= 15 is 0 Å². The molecule has 0 aliphatic carbocycles. The Hall–Kier alpha value is -0.520. The average Bonchev–Trinajstić information content (AvgIpc) is 2.29. The van der Waals surface area contributed by atoms with Crippen molar-refractivity contribution in [2.45, 2.75) is 45.6 Å². The third kappa shape index (κ3) is 4.68. The van der Waals surface area contributed by atoms with Crippen LogP contribution in [0.3, 0.4) is 0 Å². The van der Waals surface area contributed by atoms with Gasteiger partial charge in [-0.2, -0.15) is 0 Å². The van der Waals surface area contributed by atoms with Crippen LogP contribution in [0.2, 0.25) is 0 Å². The van der Waals surface area contributed by atoms with Gasteiger partial charge in [0.1, 0.15) is 0 Å². The SMILES string of the molecule is CC#CCCC(NCC)C1CCOCC1. The summed E-state index contributed by atoms with van der Waals surface area (Å²) in [5, 5.41) is 3.59. The molecule has 2 nitrogen and oxygen atoms in total. The standard InChI is InChI=1S/C13H23NO/c1-3-5-6-7-13(14-4-2)12-8-10-15-11-9-12/h12-14H,4,6-11H2,1-2H3. The minimum absolute atomic E-state index is 0.639. The molecule has 1 N–H and O–H groups in total. The summed E-state index contributed by atoms with van der Waals surface area (Å²) in [5.41, 5.74) is 0. The Labute approximate surface area is 93.8 Å². The first-order valence-corrected chi connectivity index (χ1v) is 6.09. The van der Waals surface area contributed by atoms with E-state index in [4.69, 9.17) is 4.74 Å². The molecule has 2 heteroatoms. The lowest BCUT2D eigenvalue weighted by Gasteiger charge is -2.30. The van der Waals surface area contributed by atoms with Crippen molar-refractivity contribution in [2.75, 3.05) is 19.8 Å². The van der Waals surface area contributed by atoms with Crippen LogP contribution in [-0.2, 0) is 4.74 Å². The van der Waals surface area contributed by atoms with Gasteiger partial charge in [-0.15, -0.1) is 11.8 Å². The molecule has 15 heavy (non-hydrogen) atoms. The summed E-state index contributed by atoms with van der Waals surface area (Å²) in [6, 6.07) is 0.639. The van der Waals surface area contributed by atoms with Gasteiger partial charge in [-0.3, -0.25) is 0 Å². The predicted octanol–water partition coefficient (Wildman–Crippen LogP) is 2.19. The fraction of sp³-hybridized carbons (Fsp3) is 0.846. The third-order valence-electron chi connectivity index (χ3n) is 3.06. The van der Waals surface area contributed by atoms with Gasteiger partial charge in [-0.05, 0) is 38.6 Å². The van der Waals surface area contributed by atoms with Crippen LogP contribution in [0, 0.1) is 17.8 Å². The topological polar surface area (TPSA) is 21.3 Å². The minimum Gasteiger partial charge on any atom is -0.381 e. The fourth-order valence-corrected chi connectivity index (χ4v) is 2.24. The lowest BCUT2D eigenvalue weighted by molar-refractivity contribution is 0.0530. The second kappa shape index (κ2) is 7.73. The van der Waals surface area contributed by atoms with E-state index in [2.05, 4.69) is 24.1 Å². The molecule has 1 aliphatic rings. The second-order valence-corrected chi connectivity index (χ2v) is 4.08. The van der Waals surface area contributed by atoms with E-state index in [0.29, 0.717) is 6.04 Å². The average molecular weight is 209 g/mol. The molecule has 1 heterocycles. The predicted molar refractivity (Wildman–Crippen MR) is 63.7 cm³/mol. The number of rotatable bonds is 5. The van der Waals surface area contributed by atoms with Crippen LogP contribution in [0.15, 0.2) is 0 Å². The first kappa shape index (κ1) is 12.5. The highest BCUT2D eigenvalue weighted by molar-refractivity contribution is 4.96. The van der Waals surface area contributed by atoms with Crippen molar-refractivity contribution in [1.82, 2.24) is 5.32 Å². The molecular formula is C13H23NO. The zero-order chi connectivity index (χ0) is 10.9. The van der Waals surface area contributed by atoms with E-state index in [1.165, 1.54) is 19.3 Å². The minimum atomic E-state index is 0.639. The highest BCUT2D eigenvalue weighted by Crippen LogP contribution is 2.21. The van der Waals surface area contributed by atoms with Gasteiger partial charge in [0.2, 0.25) is 0 Å². The van der Waals surface area contributed by atoms with Gasteiger partial charge in [-0.25, -0.2) is 0 Å². The van der Waals surface area contributed by atoms with Crippen LogP contribution in [0.1, 0.15) is 39.5 Å². The Kier molecular flexibility index (Phi) is 6.47. The maximum absolute atomic E-state index is 5.40. The molecule has 0 radical (unpaired) electrons. The molecule has 0 amide bonds. The fourth-order valence-electron chi connectivity index (χ4n) is 2.24. The van der Waals surface area contributed by atoms with Crippen LogP contribution >= 0.6 is 0 Å². The van der Waals surface area contributed by atoms with Crippen LogP contribution in [0.25, 0.3) is 0 Å². The molecule has 1 aliphatic heterocycles. The van der Waals surface area contributed by atoms with Crippen molar-refractivity contribution in [1.29, 1.82) is 0 Å². The quantitative estimate of drug-likeness (QED) is 0.701. The van der Waals surface area contributed by atoms with E-state index in [-0.39, 0.29) is 0 Å². The number of hydrogen-bond donors (Lipinski definition) is 1. The van der Waals surface area contributed by atoms with E-state index < -0.39 is 0 Å². The molecule has 0 saturated carbocycles. The molecule has 86 valence electrons. The van der Waals surface area contributed by atoms with E-state index in [0.717, 1.165) is 32.1 Å². The van der Waals surface area contributed by atoms with E-state index in [9.17, 15) is 0 Å². The van der Waals surface area contributed by atoms with Gasteiger partial charge < -0.3 is 10.1 Å². The summed E-state index contributed by atoms with van der Waals surface area (Å²) in [5.74, 6) is 6.91. The third-order valence-corrected chi connectivity index (χ3v) is 3.06. The van der Waals surface area contributed by atoms with Gasteiger partial charge in [-0.1, -0.05) is 6.92 Å². The Bertz CT molecular complexity index is 210. The molecule has 1 saturated heterocycles. The summed E-state index contributed by atoms with van der Waals surface area (Å²) in [6.07, 6.45) is 4.61. The van der Waals surface area contributed by atoms with Crippen molar-refractivity contribution >= 4 is 0 Å². The molecule has 0 bridgehead atoms. The second-order valence-electron chi connectivity index (χ2n) is 4.08. The number of nitrogens with one attached hydrogen (secondary N) is 1. The zero-order valence-corrected chi connectivity index (χ0v) is 10.0. The molecular weight excluding hydrogens is 186 g/mol. The molecule has 0 aromatic rings. The van der Waals surface area contributed by atoms with Gasteiger partial charge in [0, 0.05) is 25.7 Å². The molecule has 1 unspecified atom stereocenters. The maximum Gasteiger partial charge on any atom is 0.0469 e. The molecule has 1 atom stereocenters. The van der Waals surface area contributed by atoms with Crippen molar-refractivity contribution in [3.63, 3.8) is 0 Å². The van der Waals surface area contributed by atoms with Gasteiger partial charge in [0.25, 0.3) is 0 Å². The summed E-state index contributed by atoms with van der Waals surface area (Å²) >= 11 is 0. The lowest BCUT2D eigenvalue weighted by atomic mass is 9.89. The van der Waals surface area contributed by atoms with Crippen LogP contribution in [-0.4, -0.2) is 25.8 Å². The Morgan fingerprint density at radius 1 is 1.40 bits per heavy atom. The van der Waals surface area contributed by atoms with Gasteiger partial charge in [0.15, 0.2) is 0 Å².